The Morgan fingerprint density at radius 2 is 0.708 bits per heavy atom. The minimum absolute atomic E-state index is 0.189. The molecule has 0 spiro atoms. The largest absolute Gasteiger partial charge is 0.543 e. The molecule has 2 aromatic carbocycles. The van der Waals surface area contributed by atoms with Crippen LogP contribution in [0.2, 0.25) is 0 Å². The molecule has 0 aliphatic rings. The van der Waals surface area contributed by atoms with E-state index in [2.05, 4.69) is 29.6 Å². The van der Waals surface area contributed by atoms with Crippen LogP contribution in [-0.4, -0.2) is 51.7 Å². The summed E-state index contributed by atoms with van der Waals surface area (Å²) < 4.78 is 19.8. The van der Waals surface area contributed by atoms with Gasteiger partial charge in [-0.05, 0) is 61.4 Å². The molecule has 0 saturated carbocycles. The van der Waals surface area contributed by atoms with Gasteiger partial charge in [0.1, 0.15) is 11.5 Å². The number of ether oxygens (including phenoxy) is 4. The summed E-state index contributed by atoms with van der Waals surface area (Å²) in [5, 5.41) is 8.39. The van der Waals surface area contributed by atoms with Gasteiger partial charge in [0.15, 0.2) is 0 Å². The molecule has 266 valence electrons. The van der Waals surface area contributed by atoms with Crippen molar-refractivity contribution in [3.05, 3.63) is 59.7 Å². The van der Waals surface area contributed by atoms with Crippen molar-refractivity contribution in [2.24, 2.45) is 0 Å². The van der Waals surface area contributed by atoms with E-state index in [1.165, 1.54) is 77.0 Å². The molecule has 14 heteroatoms. The lowest BCUT2D eigenvalue weighted by molar-refractivity contribution is -0.452. The highest BCUT2D eigenvalue weighted by atomic mass is 17.5. The normalized spacial score (nSPS) is 10.5. The van der Waals surface area contributed by atoms with Crippen LogP contribution in [0.4, 0.5) is 9.59 Å². The van der Waals surface area contributed by atoms with E-state index in [-0.39, 0.29) is 24.3 Å². The predicted octanol–water partition coefficient (Wildman–Crippen LogP) is 8.18. The quantitative estimate of drug-likeness (QED) is 0.0428. The molecule has 0 N–H and O–H groups in total. The van der Waals surface area contributed by atoms with Gasteiger partial charge in [0.2, 0.25) is 0 Å². The molecular formula is C34H46O14. The lowest BCUT2D eigenvalue weighted by Crippen LogP contribution is -2.12. The highest BCUT2D eigenvalue weighted by Crippen LogP contribution is 2.15. The minimum Gasteiger partial charge on any atom is -0.497 e. The lowest BCUT2D eigenvalue weighted by Gasteiger charge is -2.05. The molecule has 14 nitrogen and oxygen atoms in total. The van der Waals surface area contributed by atoms with Gasteiger partial charge in [-0.2, -0.15) is 0 Å². The third kappa shape index (κ3) is 18.6. The second kappa shape index (κ2) is 25.5. The molecule has 2 rings (SSSR count). The first-order valence-corrected chi connectivity index (χ1v) is 16.2. The van der Waals surface area contributed by atoms with Crippen LogP contribution in [0, 0.1) is 0 Å². The summed E-state index contributed by atoms with van der Waals surface area (Å²) in [6.45, 7) is 0.378. The summed E-state index contributed by atoms with van der Waals surface area (Å²) >= 11 is 0. The van der Waals surface area contributed by atoms with Crippen LogP contribution in [0.5, 0.6) is 11.5 Å². The maximum atomic E-state index is 11.8. The van der Waals surface area contributed by atoms with Crippen LogP contribution in [-0.2, 0) is 39.1 Å². The summed E-state index contributed by atoms with van der Waals surface area (Å²) in [4.78, 5) is 64.0. The molecule has 0 saturated heterocycles. The van der Waals surface area contributed by atoms with E-state index in [1.807, 2.05) is 0 Å². The molecule has 2 aromatic rings. The van der Waals surface area contributed by atoms with Crippen molar-refractivity contribution in [2.75, 3.05) is 27.4 Å². The van der Waals surface area contributed by atoms with Crippen LogP contribution in [0.25, 0.3) is 0 Å². The fourth-order valence-corrected chi connectivity index (χ4v) is 4.39. The van der Waals surface area contributed by atoms with Crippen molar-refractivity contribution in [1.82, 2.24) is 0 Å². The molecule has 0 aliphatic carbocycles. The molecule has 0 radical (unpaired) electrons. The molecule has 0 fully saturated rings. The highest BCUT2D eigenvalue weighted by molar-refractivity contribution is 5.89. The molecule has 48 heavy (non-hydrogen) atoms. The number of carbonyl (C=O) groups excluding carboxylic acids is 4. The van der Waals surface area contributed by atoms with Gasteiger partial charge in [-0.15, -0.1) is 0 Å². The van der Waals surface area contributed by atoms with E-state index in [4.69, 9.17) is 18.9 Å². The van der Waals surface area contributed by atoms with Crippen LogP contribution in [0.3, 0.4) is 0 Å². The van der Waals surface area contributed by atoms with Gasteiger partial charge in [-0.3, -0.25) is 9.78 Å². The van der Waals surface area contributed by atoms with E-state index in [0.29, 0.717) is 24.3 Å². The molecule has 0 bridgehead atoms. The fraction of sp³-hybridized carbons (Fsp3) is 0.529. The SMILES string of the molecule is COc1ccc(C(=O)OOOC(=O)OCCCCCCCCCCCCCCCCOC(=O)OOOC(=O)c2ccc(OC)cc2)cc1. The first kappa shape index (κ1) is 39.6. The number of rotatable bonds is 25. The Bertz CT molecular complexity index is 1090. The molecule has 0 atom stereocenters. The van der Waals surface area contributed by atoms with Crippen LogP contribution >= 0.6 is 0 Å². The molecule has 0 unspecified atom stereocenters. The van der Waals surface area contributed by atoms with Gasteiger partial charge in [0, 0.05) is 0 Å². The average Bonchev–Trinajstić information content (AvgIpc) is 3.11. The van der Waals surface area contributed by atoms with Crippen molar-refractivity contribution in [1.29, 1.82) is 0 Å². The second-order valence-electron chi connectivity index (χ2n) is 10.6. The molecular weight excluding hydrogens is 632 g/mol. The van der Waals surface area contributed by atoms with Crippen LogP contribution < -0.4 is 9.47 Å². The first-order valence-electron chi connectivity index (χ1n) is 16.2. The minimum atomic E-state index is -1.08. The van der Waals surface area contributed by atoms with E-state index in [1.54, 1.807) is 24.3 Å². The summed E-state index contributed by atoms with van der Waals surface area (Å²) in [6.07, 6.45) is 12.7. The third-order valence-corrected chi connectivity index (χ3v) is 7.05. The average molecular weight is 679 g/mol. The molecule has 0 heterocycles. The maximum Gasteiger partial charge on any atom is 0.543 e. The van der Waals surface area contributed by atoms with Crippen LogP contribution in [0.1, 0.15) is 111 Å². The van der Waals surface area contributed by atoms with Crippen molar-refractivity contribution in [2.45, 2.75) is 89.9 Å². The van der Waals surface area contributed by atoms with E-state index in [0.717, 1.165) is 38.5 Å². The summed E-state index contributed by atoms with van der Waals surface area (Å²) in [5.41, 5.74) is 0.400. The Morgan fingerprint density at radius 1 is 0.417 bits per heavy atom. The third-order valence-electron chi connectivity index (χ3n) is 7.05. The summed E-state index contributed by atoms with van der Waals surface area (Å²) in [7, 11) is 3.02. The Kier molecular flexibility index (Phi) is 21.1. The van der Waals surface area contributed by atoms with Crippen LogP contribution in [0.15, 0.2) is 48.5 Å². The van der Waals surface area contributed by atoms with Gasteiger partial charge in [0.25, 0.3) is 0 Å². The number of benzene rings is 2. The van der Waals surface area contributed by atoms with Gasteiger partial charge >= 0.3 is 24.2 Å². The van der Waals surface area contributed by atoms with Gasteiger partial charge in [-0.1, -0.05) is 77.0 Å². The topological polar surface area (TPSA) is 161 Å². The van der Waals surface area contributed by atoms with E-state index in [9.17, 15) is 19.2 Å². The van der Waals surface area contributed by atoms with E-state index >= 15 is 0 Å². The second-order valence-corrected chi connectivity index (χ2v) is 10.6. The summed E-state index contributed by atoms with van der Waals surface area (Å²) in [5.74, 6) is -0.494. The zero-order valence-electron chi connectivity index (χ0n) is 27.6. The highest BCUT2D eigenvalue weighted by Gasteiger charge is 2.13. The number of methoxy groups -OCH3 is 2. The van der Waals surface area contributed by atoms with Crippen molar-refractivity contribution < 1.29 is 67.8 Å². The van der Waals surface area contributed by atoms with Gasteiger partial charge in [-0.25, -0.2) is 29.0 Å². The van der Waals surface area contributed by atoms with Crippen molar-refractivity contribution in [3.63, 3.8) is 0 Å². The zero-order chi connectivity index (χ0) is 34.7. The van der Waals surface area contributed by atoms with Gasteiger partial charge in [0.05, 0.1) is 48.6 Å². The summed E-state index contributed by atoms with van der Waals surface area (Å²) in [6, 6.07) is 12.2. The Labute approximate surface area is 280 Å². The first-order chi connectivity index (χ1) is 23.4. The maximum absolute atomic E-state index is 11.8. The number of hydrogen-bond acceptors (Lipinski definition) is 14. The van der Waals surface area contributed by atoms with Crippen molar-refractivity contribution in [3.8, 4) is 11.5 Å². The monoisotopic (exact) mass is 678 g/mol. The van der Waals surface area contributed by atoms with Crippen molar-refractivity contribution >= 4 is 24.2 Å². The molecule has 0 aliphatic heterocycles. The number of hydrogen-bond donors (Lipinski definition) is 0. The fourth-order valence-electron chi connectivity index (χ4n) is 4.39. The molecule has 0 amide bonds. The predicted molar refractivity (Wildman–Crippen MR) is 168 cm³/mol. The standard InChI is InChI=1S/C34H46O14/c1-39-29-21-17-27(18-22-29)31(35)43-47-45-33(37)41-25-15-13-11-9-7-5-3-4-6-8-10-12-14-16-26-42-34(38)46-48-44-32(36)28-19-23-30(40-2)24-20-28/h17-24H,3-16,25-26H2,1-2H3. The smallest absolute Gasteiger partial charge is 0.497 e. The Morgan fingerprint density at radius 3 is 1.00 bits per heavy atom. The number of carbonyl (C=O) groups is 4. The Hall–Kier alpha value is -4.56. The van der Waals surface area contributed by atoms with Gasteiger partial charge < -0.3 is 18.9 Å². The Balaban J connectivity index is 1.27. The zero-order valence-corrected chi connectivity index (χ0v) is 27.6. The number of unbranched alkanes of at least 4 members (excludes halogenated alkanes) is 13. The molecule has 0 aromatic heterocycles. The lowest BCUT2D eigenvalue weighted by atomic mass is 10.0. The van der Waals surface area contributed by atoms with E-state index < -0.39 is 24.2 Å².